The van der Waals surface area contributed by atoms with Crippen molar-refractivity contribution in [2.45, 2.75) is 13.5 Å². The first-order valence-corrected chi connectivity index (χ1v) is 4.61. The minimum absolute atomic E-state index is 0.0139. The topological polar surface area (TPSA) is 20.3 Å². The van der Waals surface area contributed by atoms with E-state index in [0.29, 0.717) is 12.1 Å². The van der Waals surface area contributed by atoms with E-state index >= 15 is 0 Å². The van der Waals surface area contributed by atoms with E-state index in [1.807, 2.05) is 0 Å². The second-order valence-corrected chi connectivity index (χ2v) is 3.61. The molecule has 0 aromatic heterocycles. The van der Waals surface area contributed by atoms with Gasteiger partial charge in [0.25, 0.3) is 0 Å². The number of Topliss-reactive ketones (excluding diaryl/α,β-unsaturated/α-hetero) is 1. The van der Waals surface area contributed by atoms with Gasteiger partial charge in [0.2, 0.25) is 0 Å². The van der Waals surface area contributed by atoms with E-state index in [9.17, 15) is 13.6 Å². The molecule has 1 aromatic rings. The van der Waals surface area contributed by atoms with Crippen LogP contribution in [-0.2, 0) is 11.3 Å². The highest BCUT2D eigenvalue weighted by Gasteiger charge is 2.07. The quantitative estimate of drug-likeness (QED) is 0.762. The number of carbonyl (C=O) groups excluding carboxylic acids is 1. The molecule has 82 valence electrons. The van der Waals surface area contributed by atoms with Gasteiger partial charge in [-0.15, -0.1) is 0 Å². The van der Waals surface area contributed by atoms with Crippen LogP contribution in [0.4, 0.5) is 8.78 Å². The first-order valence-electron chi connectivity index (χ1n) is 4.61. The molecule has 0 N–H and O–H groups in total. The Kier molecular flexibility index (Phi) is 3.91. The number of likely N-dealkylation sites (N-methyl/N-ethyl adjacent to an activating group) is 1. The molecule has 0 amide bonds. The van der Waals surface area contributed by atoms with Crippen molar-refractivity contribution in [3.63, 3.8) is 0 Å². The third kappa shape index (κ3) is 3.75. The Morgan fingerprint density at radius 2 is 2.07 bits per heavy atom. The Morgan fingerprint density at radius 1 is 1.40 bits per heavy atom. The summed E-state index contributed by atoms with van der Waals surface area (Å²) < 4.78 is 25.8. The summed E-state index contributed by atoms with van der Waals surface area (Å²) in [5, 5.41) is 0. The van der Waals surface area contributed by atoms with E-state index in [-0.39, 0.29) is 12.3 Å². The minimum atomic E-state index is -0.592. The fraction of sp³-hybridized carbons (Fsp3) is 0.364. The standard InChI is InChI=1S/C11H13F2NO/c1-8(15)6-14(2)7-9-3-4-10(12)5-11(9)13/h3-5H,6-7H2,1-2H3. The van der Waals surface area contributed by atoms with E-state index in [2.05, 4.69) is 0 Å². The van der Waals surface area contributed by atoms with Gasteiger partial charge in [-0.05, 0) is 20.0 Å². The Labute approximate surface area is 87.5 Å². The summed E-state index contributed by atoms with van der Waals surface area (Å²) in [6, 6.07) is 3.44. The number of carbonyl (C=O) groups is 1. The fourth-order valence-corrected chi connectivity index (χ4v) is 1.38. The van der Waals surface area contributed by atoms with Crippen molar-refractivity contribution in [1.82, 2.24) is 4.90 Å². The lowest BCUT2D eigenvalue weighted by Crippen LogP contribution is -2.24. The molecule has 0 fully saturated rings. The number of hydrogen-bond acceptors (Lipinski definition) is 2. The minimum Gasteiger partial charge on any atom is -0.299 e. The normalized spacial score (nSPS) is 10.7. The molecule has 0 bridgehead atoms. The SMILES string of the molecule is CC(=O)CN(C)Cc1ccc(F)cc1F. The fourth-order valence-electron chi connectivity index (χ4n) is 1.38. The number of halogens is 2. The van der Waals surface area contributed by atoms with Crippen molar-refractivity contribution in [3.8, 4) is 0 Å². The van der Waals surface area contributed by atoms with Crippen molar-refractivity contribution < 1.29 is 13.6 Å². The Hall–Kier alpha value is -1.29. The van der Waals surface area contributed by atoms with Gasteiger partial charge in [-0.25, -0.2) is 8.78 Å². The maximum atomic E-state index is 13.2. The smallest absolute Gasteiger partial charge is 0.143 e. The Balaban J connectivity index is 2.68. The zero-order chi connectivity index (χ0) is 11.4. The zero-order valence-corrected chi connectivity index (χ0v) is 8.76. The molecule has 0 aliphatic rings. The first-order chi connectivity index (χ1) is 6.99. The molecule has 1 aromatic carbocycles. The molecule has 0 saturated carbocycles. The van der Waals surface area contributed by atoms with Crippen LogP contribution in [0.15, 0.2) is 18.2 Å². The molecule has 0 heterocycles. The largest absolute Gasteiger partial charge is 0.299 e. The van der Waals surface area contributed by atoms with E-state index in [0.717, 1.165) is 6.07 Å². The molecule has 0 spiro atoms. The van der Waals surface area contributed by atoms with Crippen LogP contribution < -0.4 is 0 Å². The second kappa shape index (κ2) is 4.98. The van der Waals surface area contributed by atoms with Gasteiger partial charge in [0.15, 0.2) is 0 Å². The van der Waals surface area contributed by atoms with Crippen LogP contribution in [0.2, 0.25) is 0 Å². The third-order valence-corrected chi connectivity index (χ3v) is 1.95. The molecule has 0 aliphatic heterocycles. The zero-order valence-electron chi connectivity index (χ0n) is 8.76. The van der Waals surface area contributed by atoms with Gasteiger partial charge in [-0.3, -0.25) is 9.69 Å². The van der Waals surface area contributed by atoms with Gasteiger partial charge in [0.1, 0.15) is 17.4 Å². The van der Waals surface area contributed by atoms with E-state index in [1.165, 1.54) is 19.1 Å². The summed E-state index contributed by atoms with van der Waals surface area (Å²) in [5.74, 6) is -1.16. The monoisotopic (exact) mass is 213 g/mol. The van der Waals surface area contributed by atoms with E-state index in [4.69, 9.17) is 0 Å². The average molecular weight is 213 g/mol. The molecule has 0 aliphatic carbocycles. The summed E-state index contributed by atoms with van der Waals surface area (Å²) in [5.41, 5.74) is 0.389. The molecular formula is C11H13F2NO. The lowest BCUT2D eigenvalue weighted by molar-refractivity contribution is -0.117. The van der Waals surface area contributed by atoms with Crippen LogP contribution >= 0.6 is 0 Å². The molecule has 0 radical (unpaired) electrons. The van der Waals surface area contributed by atoms with Crippen molar-refractivity contribution in [2.24, 2.45) is 0 Å². The number of ketones is 1. The van der Waals surface area contributed by atoms with Gasteiger partial charge in [0.05, 0.1) is 6.54 Å². The van der Waals surface area contributed by atoms with Gasteiger partial charge < -0.3 is 0 Å². The predicted octanol–water partition coefficient (Wildman–Crippen LogP) is 1.99. The highest BCUT2D eigenvalue weighted by atomic mass is 19.1. The van der Waals surface area contributed by atoms with Gasteiger partial charge >= 0.3 is 0 Å². The summed E-state index contributed by atoms with van der Waals surface area (Å²) in [4.78, 5) is 12.5. The second-order valence-electron chi connectivity index (χ2n) is 3.61. The third-order valence-electron chi connectivity index (χ3n) is 1.95. The molecular weight excluding hydrogens is 200 g/mol. The number of rotatable bonds is 4. The molecule has 0 atom stereocenters. The maximum absolute atomic E-state index is 13.2. The van der Waals surface area contributed by atoms with Crippen LogP contribution in [0.25, 0.3) is 0 Å². The molecule has 0 saturated heterocycles. The Morgan fingerprint density at radius 3 is 2.60 bits per heavy atom. The number of hydrogen-bond donors (Lipinski definition) is 0. The number of nitrogens with zero attached hydrogens (tertiary/aromatic N) is 1. The predicted molar refractivity (Wildman–Crippen MR) is 53.4 cm³/mol. The summed E-state index contributed by atoms with van der Waals surface area (Å²) in [6.45, 7) is 2.03. The maximum Gasteiger partial charge on any atom is 0.143 e. The summed E-state index contributed by atoms with van der Waals surface area (Å²) in [6.07, 6.45) is 0. The van der Waals surface area contributed by atoms with Gasteiger partial charge in [-0.1, -0.05) is 6.07 Å². The van der Waals surface area contributed by atoms with Crippen LogP contribution in [0.5, 0.6) is 0 Å². The van der Waals surface area contributed by atoms with Gasteiger partial charge in [0, 0.05) is 18.2 Å². The van der Waals surface area contributed by atoms with Crippen molar-refractivity contribution in [3.05, 3.63) is 35.4 Å². The van der Waals surface area contributed by atoms with Crippen LogP contribution in [0.3, 0.4) is 0 Å². The lowest BCUT2D eigenvalue weighted by Gasteiger charge is -2.15. The number of benzene rings is 1. The molecule has 0 unspecified atom stereocenters. The first kappa shape index (κ1) is 11.8. The van der Waals surface area contributed by atoms with Crippen LogP contribution in [0.1, 0.15) is 12.5 Å². The average Bonchev–Trinajstić information content (AvgIpc) is 2.08. The van der Waals surface area contributed by atoms with Crippen molar-refractivity contribution >= 4 is 5.78 Å². The van der Waals surface area contributed by atoms with E-state index < -0.39 is 11.6 Å². The summed E-state index contributed by atoms with van der Waals surface area (Å²) in [7, 11) is 1.71. The molecule has 4 heteroatoms. The van der Waals surface area contributed by atoms with Crippen molar-refractivity contribution in [1.29, 1.82) is 0 Å². The Bertz CT molecular complexity index is 366. The van der Waals surface area contributed by atoms with Crippen LogP contribution in [-0.4, -0.2) is 24.3 Å². The van der Waals surface area contributed by atoms with E-state index in [1.54, 1.807) is 11.9 Å². The highest BCUT2D eigenvalue weighted by molar-refractivity contribution is 5.77. The molecule has 1 rings (SSSR count). The van der Waals surface area contributed by atoms with Gasteiger partial charge in [-0.2, -0.15) is 0 Å². The lowest BCUT2D eigenvalue weighted by atomic mass is 10.2. The summed E-state index contributed by atoms with van der Waals surface area (Å²) >= 11 is 0. The molecule has 15 heavy (non-hydrogen) atoms. The molecule has 2 nitrogen and oxygen atoms in total. The van der Waals surface area contributed by atoms with Crippen molar-refractivity contribution in [2.75, 3.05) is 13.6 Å². The van der Waals surface area contributed by atoms with Crippen LogP contribution in [0, 0.1) is 11.6 Å². The highest BCUT2D eigenvalue weighted by Crippen LogP contribution is 2.11.